The number of carbonyl (C=O) groups excluding carboxylic acids is 12. The van der Waals surface area contributed by atoms with Gasteiger partial charge in [0, 0.05) is 147 Å². The zero-order valence-electron chi connectivity index (χ0n) is 79.6. The van der Waals surface area contributed by atoms with E-state index in [9.17, 15) is 77.0 Å². The molecule has 0 aliphatic carbocycles. The number of amides is 10. The topological polar surface area (TPSA) is 432 Å². The highest BCUT2D eigenvalue weighted by atomic mass is 32.1. The van der Waals surface area contributed by atoms with Crippen LogP contribution >= 0.6 is 40.5 Å². The highest BCUT2D eigenvalue weighted by Crippen LogP contribution is 2.19. The summed E-state index contributed by atoms with van der Waals surface area (Å²) in [6.45, 7) is 7.46. The third kappa shape index (κ3) is 48.7. The van der Waals surface area contributed by atoms with Crippen LogP contribution in [0, 0.1) is 11.8 Å². The fraction of sp³-hybridized carbons (Fsp3) is 0.402. The van der Waals surface area contributed by atoms with Crippen molar-refractivity contribution in [3.63, 3.8) is 0 Å². The van der Waals surface area contributed by atoms with Gasteiger partial charge in [-0.25, -0.2) is 19.2 Å². The highest BCUT2D eigenvalue weighted by molar-refractivity contribution is 7.59. The van der Waals surface area contributed by atoms with Crippen LogP contribution in [0.4, 0.5) is 0 Å². The SMILES string of the molecule is CN(C)C(=O)CCC/C=C\c1cccc(C(=O)N[C@@H](CO)C(=O)O)c1.CN(C)C(=O)CCC/C=C\c1cccc(C(=O)N[C@@H](Cc2ccccc2)C(=O)O)c1.COC(=O)[C@@H](C)NC(=O)c1cccc(/C=C\CCCC(=O)N2CCCC2)c1.COC(=O)[C@@H](C)NC(=O)c1cccc(C#CCCCC(=O)N2CCCC2)c1.C[C@H](NC(=O)c1cccc(/C=C\CCCC(=O)N(C)C)c1)C(=O)O.S.S.S. The predicted molar refractivity (Wildman–Crippen MR) is 541 cm³/mol. The summed E-state index contributed by atoms with van der Waals surface area (Å²) in [6, 6.07) is 39.3. The van der Waals surface area contributed by atoms with Gasteiger partial charge in [-0.05, 0) is 199 Å². The second-order valence-corrected chi connectivity index (χ2v) is 32.0. The zero-order valence-corrected chi connectivity index (χ0v) is 82.6. The number of esters is 2. The molecule has 0 aromatic heterocycles. The average Bonchev–Trinajstić information content (AvgIpc) is 1.15. The summed E-state index contributed by atoms with van der Waals surface area (Å²) in [7, 11) is 13.0. The molecule has 2 heterocycles. The number of allylic oxidation sites excluding steroid dienone is 4. The first-order valence-corrected chi connectivity index (χ1v) is 44.4. The maximum absolute atomic E-state index is 12.6. The largest absolute Gasteiger partial charge is 0.480 e. The molecule has 0 saturated carbocycles. The number of unbranched alkanes of at least 4 members (excludes halogenated alkanes) is 5. The Balaban J connectivity index is 0.000000847. The summed E-state index contributed by atoms with van der Waals surface area (Å²) in [6.07, 6.45) is 30.2. The molecular weight excluding hydrogens is 1800 g/mol. The lowest BCUT2D eigenvalue weighted by atomic mass is 10.0. The van der Waals surface area contributed by atoms with Crippen LogP contribution in [0.2, 0.25) is 0 Å². The van der Waals surface area contributed by atoms with E-state index in [4.69, 9.17) is 15.3 Å². The van der Waals surface area contributed by atoms with Gasteiger partial charge in [0.05, 0.1) is 20.8 Å². The average molecular weight is 1930 g/mol. The van der Waals surface area contributed by atoms with Crippen molar-refractivity contribution in [2.75, 3.05) is 89.3 Å². The van der Waals surface area contributed by atoms with Gasteiger partial charge in [-0.3, -0.25) is 52.7 Å². The Morgan fingerprint density at radius 2 is 0.691 bits per heavy atom. The quantitative estimate of drug-likeness (QED) is 0.00978. The summed E-state index contributed by atoms with van der Waals surface area (Å²) >= 11 is 0. The third-order valence-electron chi connectivity index (χ3n) is 20.5. The molecule has 2 saturated heterocycles. The number of nitrogens with one attached hydrogen (secondary N) is 5. The monoisotopic (exact) mass is 1930 g/mol. The Morgan fingerprint density at radius 3 is 1.01 bits per heavy atom. The van der Waals surface area contributed by atoms with E-state index in [2.05, 4.69) is 47.9 Å². The number of aliphatic hydroxyl groups is 1. The van der Waals surface area contributed by atoms with Crippen molar-refractivity contribution >= 4 is 154 Å². The molecule has 2 aliphatic heterocycles. The minimum Gasteiger partial charge on any atom is -0.480 e. The molecule has 0 spiro atoms. The number of hydrogen-bond acceptors (Lipinski definition) is 18. The van der Waals surface area contributed by atoms with Crippen molar-refractivity contribution in [1.29, 1.82) is 0 Å². The van der Waals surface area contributed by atoms with Crippen LogP contribution in [0.5, 0.6) is 0 Å². The first kappa shape index (κ1) is 121. The first-order valence-electron chi connectivity index (χ1n) is 44.4. The van der Waals surface area contributed by atoms with Crippen molar-refractivity contribution in [1.82, 2.24) is 51.1 Å². The molecule has 6 aromatic carbocycles. The number of aliphatic hydroxyl groups excluding tert-OH is 1. The van der Waals surface area contributed by atoms with Gasteiger partial charge in [-0.2, -0.15) is 40.5 Å². The lowest BCUT2D eigenvalue weighted by Gasteiger charge is -2.15. The van der Waals surface area contributed by atoms with E-state index in [1.807, 2.05) is 119 Å². The fourth-order valence-electron chi connectivity index (χ4n) is 12.7. The maximum atomic E-state index is 12.6. The Hall–Kier alpha value is -13.1. The van der Waals surface area contributed by atoms with E-state index in [1.54, 1.807) is 162 Å². The number of carboxylic acids is 3. The van der Waals surface area contributed by atoms with E-state index >= 15 is 0 Å². The van der Waals surface area contributed by atoms with Crippen LogP contribution in [0.3, 0.4) is 0 Å². The predicted octanol–water partition coefficient (Wildman–Crippen LogP) is 11.9. The molecule has 136 heavy (non-hydrogen) atoms. The Bertz CT molecular complexity index is 5040. The molecule has 0 unspecified atom stereocenters. The van der Waals surface area contributed by atoms with Crippen molar-refractivity contribution in [3.8, 4) is 11.8 Å². The van der Waals surface area contributed by atoms with E-state index in [1.165, 1.54) is 21.1 Å². The molecule has 738 valence electrons. The third-order valence-corrected chi connectivity index (χ3v) is 20.5. The van der Waals surface area contributed by atoms with Crippen LogP contribution in [0.1, 0.15) is 228 Å². The van der Waals surface area contributed by atoms with Gasteiger partial charge < -0.3 is 81.0 Å². The molecule has 0 radical (unpaired) electrons. The Labute approximate surface area is 819 Å². The summed E-state index contributed by atoms with van der Waals surface area (Å²) in [4.78, 5) is 184. The molecule has 8 rings (SSSR count). The van der Waals surface area contributed by atoms with E-state index in [-0.39, 0.29) is 88.3 Å². The van der Waals surface area contributed by atoms with Crippen LogP contribution in [-0.2, 0) is 63.8 Å². The van der Waals surface area contributed by atoms with E-state index < -0.39 is 84.4 Å². The van der Waals surface area contributed by atoms with E-state index in [0.717, 1.165) is 143 Å². The second-order valence-electron chi connectivity index (χ2n) is 32.0. The Morgan fingerprint density at radius 1 is 0.382 bits per heavy atom. The molecule has 2 aliphatic rings. The van der Waals surface area contributed by atoms with Gasteiger partial charge in [0.1, 0.15) is 24.2 Å². The van der Waals surface area contributed by atoms with Gasteiger partial charge in [0.2, 0.25) is 29.5 Å². The van der Waals surface area contributed by atoms with Gasteiger partial charge in [0.15, 0.2) is 6.04 Å². The summed E-state index contributed by atoms with van der Waals surface area (Å²) in [5.41, 5.74) is 6.99. The van der Waals surface area contributed by atoms with Gasteiger partial charge >= 0.3 is 29.8 Å². The van der Waals surface area contributed by atoms with E-state index in [0.29, 0.717) is 66.3 Å². The number of likely N-dealkylation sites (tertiary alicyclic amines) is 2. The Kier molecular flexibility index (Phi) is 60.4. The van der Waals surface area contributed by atoms with Crippen molar-refractivity contribution in [2.24, 2.45) is 0 Å². The molecule has 31 nitrogen and oxygen atoms in total. The molecule has 2 fully saturated rings. The van der Waals surface area contributed by atoms with Gasteiger partial charge in [-0.1, -0.05) is 145 Å². The molecular formula is C102H136N10O21S3. The maximum Gasteiger partial charge on any atom is 0.328 e. The first-order chi connectivity index (χ1) is 63.5. The number of carboxylic acid groups (broad SMARTS) is 3. The number of aliphatic carboxylic acids is 3. The molecule has 9 N–H and O–H groups in total. The highest BCUT2D eigenvalue weighted by Gasteiger charge is 2.25. The number of methoxy groups -OCH3 is 2. The summed E-state index contributed by atoms with van der Waals surface area (Å²) < 4.78 is 9.20. The smallest absolute Gasteiger partial charge is 0.328 e. The fourth-order valence-corrected chi connectivity index (χ4v) is 12.7. The number of carbonyl (C=O) groups is 15. The van der Waals surface area contributed by atoms with Crippen LogP contribution in [0.15, 0.2) is 176 Å². The van der Waals surface area contributed by atoms with Crippen molar-refractivity contribution in [2.45, 2.75) is 179 Å². The number of rotatable bonds is 41. The number of benzene rings is 6. The minimum atomic E-state index is -1.33. The van der Waals surface area contributed by atoms with Crippen molar-refractivity contribution < 1.29 is 102 Å². The second kappa shape index (κ2) is 68.0. The van der Waals surface area contributed by atoms with Crippen molar-refractivity contribution in [3.05, 3.63) is 237 Å². The number of ether oxygens (including phenoxy) is 2. The number of hydrogen-bond donors (Lipinski definition) is 9. The van der Waals surface area contributed by atoms with Crippen LogP contribution in [-0.4, -0.2) is 253 Å². The van der Waals surface area contributed by atoms with Crippen LogP contribution < -0.4 is 26.6 Å². The van der Waals surface area contributed by atoms with Gasteiger partial charge in [0.25, 0.3) is 29.5 Å². The molecule has 6 aromatic rings. The summed E-state index contributed by atoms with van der Waals surface area (Å²) in [5.74, 6) is 0.334. The normalized spacial score (nSPS) is 12.7. The summed E-state index contributed by atoms with van der Waals surface area (Å²) in [5, 5.41) is 48.6. The minimum absolute atomic E-state index is 0. The molecule has 34 heteroatoms. The van der Waals surface area contributed by atoms with Gasteiger partial charge in [-0.15, -0.1) is 0 Å². The lowest BCUT2D eigenvalue weighted by Crippen LogP contribution is -2.43. The number of nitrogens with zero attached hydrogens (tertiary/aromatic N) is 5. The lowest BCUT2D eigenvalue weighted by molar-refractivity contribution is -0.143. The molecule has 5 atom stereocenters. The standard InChI is InChI=1S/C24H28N2O4.C21H28N2O4.C21H26N2O4.C18H24N2O5.C18H24N2O4.3H2S/c1-26(2)22(27)15-8-4-7-10-18-13-9-14-20(16-18)23(28)25-21(24(29)30)17-19-11-5-3-6-12-19;2*1-16(21(26)27-2)22-20(25)18-11-8-10-17(15-18)9-4-3-5-12-19(24)23-13-6-7-14-23;1-20(2)16(22)10-5-3-4-7-13-8-6-9-14(11-13)17(23)19-15(12-21)18(24)25;1-13(18(23)24)19-17(22)15-10-7-9-14(12-15)8-5-4-6-11-16(21)20(2)3;;;/h3,5-7,9-14,16,21H,4,8,15,17H2,1-2H3,(H,25,28)(H,29,30);4,8-11,15-16H,3,5-7,12-14H2,1-2H3,(H,22,25);8,10-11,15-16H,3,5-7,12-14H2,1-2H3,(H,22,25);4,6-9,11,15,21H,3,5,10,12H2,1-2H3,(H,19,23)(H,24,25);5,7-10,12-13H,4,6,11H2,1-3H3,(H,19,22)(H,23,24);3*1H2/b10-7-;9-4-;;7-4-;8-5-;;;/t21-;2*16-;15-;13-;;;/m01100.../s1. The zero-order chi connectivity index (χ0) is 98.2. The van der Waals surface area contributed by atoms with Crippen LogP contribution in [0.25, 0.3) is 24.3 Å². The molecule has 10 amide bonds. The molecule has 0 bridgehead atoms.